The summed E-state index contributed by atoms with van der Waals surface area (Å²) in [5.74, 6) is 0.636. The summed E-state index contributed by atoms with van der Waals surface area (Å²) in [4.78, 5) is 28.4. The van der Waals surface area contributed by atoms with E-state index in [9.17, 15) is 13.0 Å². The molecule has 0 radical (unpaired) electrons. The minimum absolute atomic E-state index is 0.204. The van der Waals surface area contributed by atoms with Crippen LogP contribution < -0.4 is 4.74 Å². The maximum Gasteiger partial charge on any atom is 0.350 e. The number of morpholine rings is 1. The molecule has 11 nitrogen and oxygen atoms in total. The summed E-state index contributed by atoms with van der Waals surface area (Å²) in [6.45, 7) is 4.82. The van der Waals surface area contributed by atoms with Crippen LogP contribution in [0, 0.1) is 6.92 Å². The number of benzene rings is 2. The number of nitrogens with zero attached hydrogens (tertiary/aromatic N) is 2. The van der Waals surface area contributed by atoms with Crippen LogP contribution in [-0.4, -0.2) is 90.2 Å². The van der Waals surface area contributed by atoms with Gasteiger partial charge < -0.3 is 29.0 Å². The van der Waals surface area contributed by atoms with Gasteiger partial charge in [-0.25, -0.2) is 13.4 Å². The highest BCUT2D eigenvalue weighted by molar-refractivity contribution is 7.92. The van der Waals surface area contributed by atoms with Gasteiger partial charge in [-0.1, -0.05) is 12.1 Å². The standard InChI is InChI=1S/C29H34N3O8PS/c1-19-13-25-27-24(20-3-2-4-23(14-20)42(36,37)22-5-6-22)7-8-26(28(27)31-29(25)30-15-19)40-17-21-16-32(10-12-39-21)9-11-38-18-41(33,34)35/h2-4,7-8,13-15,21-22H,5-6,9-12,16-18H2,1H3,(H,30,31)(H2,33,34,35)/t21-/m0/s1. The van der Waals surface area contributed by atoms with Gasteiger partial charge in [0.1, 0.15) is 30.5 Å². The van der Waals surface area contributed by atoms with E-state index in [2.05, 4.69) is 20.9 Å². The molecule has 1 saturated heterocycles. The maximum absolute atomic E-state index is 13.0. The van der Waals surface area contributed by atoms with Gasteiger partial charge in [0, 0.05) is 36.6 Å². The van der Waals surface area contributed by atoms with Crippen molar-refractivity contribution in [3.63, 3.8) is 0 Å². The Balaban J connectivity index is 1.25. The lowest BCUT2D eigenvalue weighted by Gasteiger charge is -2.32. The number of rotatable bonds is 11. The molecule has 2 aromatic heterocycles. The third-order valence-corrected chi connectivity index (χ3v) is 10.4. The second kappa shape index (κ2) is 11.7. The number of pyridine rings is 1. The first kappa shape index (κ1) is 29.3. The van der Waals surface area contributed by atoms with Crippen molar-refractivity contribution in [1.82, 2.24) is 14.9 Å². The SMILES string of the molecule is Cc1cnc2[nH]c3c(OC[C@@H]4CN(CCOCP(=O)(O)O)CCO4)ccc(-c4cccc(S(=O)(=O)C5CC5)c4)c3c2c1. The minimum Gasteiger partial charge on any atom is -0.489 e. The third kappa shape index (κ3) is 6.40. The molecule has 2 fully saturated rings. The molecule has 0 spiro atoms. The van der Waals surface area contributed by atoms with Gasteiger partial charge in [-0.2, -0.15) is 0 Å². The fourth-order valence-electron chi connectivity index (χ4n) is 5.38. The Morgan fingerprint density at radius 1 is 1.19 bits per heavy atom. The van der Waals surface area contributed by atoms with Crippen LogP contribution in [0.2, 0.25) is 0 Å². The predicted octanol–water partition coefficient (Wildman–Crippen LogP) is 3.86. The molecular formula is C29H34N3O8PS. The van der Waals surface area contributed by atoms with E-state index < -0.39 is 23.8 Å². The largest absolute Gasteiger partial charge is 0.489 e. The number of hydrogen-bond donors (Lipinski definition) is 3. The van der Waals surface area contributed by atoms with E-state index in [-0.39, 0.29) is 18.0 Å². The minimum atomic E-state index is -4.18. The zero-order valence-corrected chi connectivity index (χ0v) is 24.9. The maximum atomic E-state index is 13.0. The summed E-state index contributed by atoms with van der Waals surface area (Å²) in [5.41, 5.74) is 4.19. The molecule has 224 valence electrons. The Morgan fingerprint density at radius 3 is 2.81 bits per heavy atom. The molecule has 3 N–H and O–H groups in total. The van der Waals surface area contributed by atoms with E-state index >= 15 is 0 Å². The number of fused-ring (bicyclic) bond motifs is 3. The van der Waals surface area contributed by atoms with Crippen LogP contribution in [0.15, 0.2) is 53.6 Å². The van der Waals surface area contributed by atoms with Crippen molar-refractivity contribution >= 4 is 39.4 Å². The number of ether oxygens (including phenoxy) is 3. The van der Waals surface area contributed by atoms with Crippen LogP contribution in [0.3, 0.4) is 0 Å². The van der Waals surface area contributed by atoms with Crippen molar-refractivity contribution in [2.75, 3.05) is 45.8 Å². The summed E-state index contributed by atoms with van der Waals surface area (Å²) >= 11 is 0. The molecule has 1 aliphatic heterocycles. The Kier molecular flexibility index (Phi) is 8.14. The number of sulfone groups is 1. The second-order valence-electron chi connectivity index (χ2n) is 11.0. The van der Waals surface area contributed by atoms with Crippen molar-refractivity contribution in [3.05, 3.63) is 54.2 Å². The molecule has 2 aromatic carbocycles. The topological polar surface area (TPSA) is 151 Å². The monoisotopic (exact) mass is 615 g/mol. The van der Waals surface area contributed by atoms with E-state index in [0.717, 1.165) is 33.0 Å². The fraction of sp³-hybridized carbons (Fsp3) is 0.414. The van der Waals surface area contributed by atoms with E-state index in [0.29, 0.717) is 62.0 Å². The average molecular weight is 616 g/mol. The van der Waals surface area contributed by atoms with Crippen molar-refractivity contribution in [2.24, 2.45) is 0 Å². The highest BCUT2D eigenvalue weighted by Gasteiger charge is 2.37. The van der Waals surface area contributed by atoms with Gasteiger partial charge in [-0.05, 0) is 66.8 Å². The summed E-state index contributed by atoms with van der Waals surface area (Å²) in [6, 6.07) is 13.1. The zero-order valence-electron chi connectivity index (χ0n) is 23.2. The number of aryl methyl sites for hydroxylation is 1. The lowest BCUT2D eigenvalue weighted by Crippen LogP contribution is -2.46. The molecule has 1 saturated carbocycles. The van der Waals surface area contributed by atoms with Crippen molar-refractivity contribution in [3.8, 4) is 16.9 Å². The van der Waals surface area contributed by atoms with Crippen molar-refractivity contribution in [2.45, 2.75) is 36.0 Å². The lowest BCUT2D eigenvalue weighted by molar-refractivity contribution is -0.0527. The van der Waals surface area contributed by atoms with Gasteiger partial charge in [-0.15, -0.1) is 0 Å². The molecule has 0 bridgehead atoms. The predicted molar refractivity (Wildman–Crippen MR) is 159 cm³/mol. The highest BCUT2D eigenvalue weighted by atomic mass is 32.2. The summed E-state index contributed by atoms with van der Waals surface area (Å²) < 4.78 is 54.3. The molecule has 42 heavy (non-hydrogen) atoms. The molecule has 2 aliphatic rings. The number of H-pyrrole nitrogens is 1. The van der Waals surface area contributed by atoms with Gasteiger partial charge in [0.2, 0.25) is 0 Å². The first-order valence-corrected chi connectivity index (χ1v) is 17.3. The summed E-state index contributed by atoms with van der Waals surface area (Å²) in [5, 5.41) is 1.55. The van der Waals surface area contributed by atoms with Gasteiger partial charge in [-0.3, -0.25) is 9.46 Å². The Labute approximate surface area is 243 Å². The molecule has 4 aromatic rings. The molecular weight excluding hydrogens is 581 g/mol. The van der Waals surface area contributed by atoms with E-state index in [1.165, 1.54) is 0 Å². The molecule has 0 unspecified atom stereocenters. The van der Waals surface area contributed by atoms with Crippen molar-refractivity contribution < 1.29 is 37.0 Å². The number of aromatic nitrogens is 2. The average Bonchev–Trinajstić information content (AvgIpc) is 3.76. The third-order valence-electron chi connectivity index (χ3n) is 7.60. The van der Waals surface area contributed by atoms with Gasteiger partial charge >= 0.3 is 7.60 Å². The van der Waals surface area contributed by atoms with Crippen LogP contribution >= 0.6 is 7.60 Å². The van der Waals surface area contributed by atoms with Gasteiger partial charge in [0.05, 0.1) is 28.9 Å². The molecule has 13 heteroatoms. The molecule has 6 rings (SSSR count). The van der Waals surface area contributed by atoms with E-state index in [1.54, 1.807) is 24.4 Å². The van der Waals surface area contributed by atoms with Crippen molar-refractivity contribution in [1.29, 1.82) is 0 Å². The molecule has 3 heterocycles. The van der Waals surface area contributed by atoms with Crippen LogP contribution in [-0.2, 0) is 23.9 Å². The molecule has 0 amide bonds. The lowest BCUT2D eigenvalue weighted by atomic mass is 9.99. The van der Waals surface area contributed by atoms with Crippen LogP contribution in [0.25, 0.3) is 33.1 Å². The smallest absolute Gasteiger partial charge is 0.350 e. The zero-order chi connectivity index (χ0) is 29.5. The van der Waals surface area contributed by atoms with Crippen LogP contribution in [0.4, 0.5) is 0 Å². The second-order valence-corrected chi connectivity index (χ2v) is 14.8. The highest BCUT2D eigenvalue weighted by Crippen LogP contribution is 2.41. The van der Waals surface area contributed by atoms with Gasteiger partial charge in [0.15, 0.2) is 9.84 Å². The Morgan fingerprint density at radius 2 is 2.02 bits per heavy atom. The summed E-state index contributed by atoms with van der Waals surface area (Å²) in [7, 11) is -7.52. The fourth-order valence-corrected chi connectivity index (χ4v) is 7.45. The Hall–Kier alpha value is -2.83. The number of hydrogen-bond acceptors (Lipinski definition) is 8. The first-order chi connectivity index (χ1) is 20.1. The van der Waals surface area contributed by atoms with Gasteiger partial charge in [0.25, 0.3) is 0 Å². The molecule has 1 atom stereocenters. The normalized spacial score (nSPS) is 18.6. The van der Waals surface area contributed by atoms with Crippen LogP contribution in [0.1, 0.15) is 18.4 Å². The number of aromatic amines is 1. The first-order valence-electron chi connectivity index (χ1n) is 13.9. The van der Waals surface area contributed by atoms with Crippen LogP contribution in [0.5, 0.6) is 5.75 Å². The molecule has 1 aliphatic carbocycles. The Bertz CT molecular complexity index is 1770. The summed E-state index contributed by atoms with van der Waals surface area (Å²) in [6.07, 6.45) is 2.43. The van der Waals surface area contributed by atoms with E-state index in [4.69, 9.17) is 24.0 Å². The van der Waals surface area contributed by atoms with E-state index in [1.807, 2.05) is 25.1 Å². The quantitative estimate of drug-likeness (QED) is 0.168. The number of nitrogens with one attached hydrogen (secondary N) is 1.